The molecule has 0 fully saturated rings. The number of nitrogens with zero attached hydrogens (tertiary/aromatic N) is 1. The Morgan fingerprint density at radius 3 is 2.81 bits per heavy atom. The topological polar surface area (TPSA) is 99.1 Å². The molecule has 9 heteroatoms. The molecule has 2 aromatic carbocycles. The van der Waals surface area contributed by atoms with Crippen LogP contribution in [0, 0.1) is 11.3 Å². The van der Waals surface area contributed by atoms with E-state index in [9.17, 15) is 13.2 Å². The van der Waals surface area contributed by atoms with Crippen LogP contribution in [0.25, 0.3) is 0 Å². The first kappa shape index (κ1) is 21.5. The van der Waals surface area contributed by atoms with Gasteiger partial charge in [0.1, 0.15) is 16.0 Å². The van der Waals surface area contributed by atoms with Crippen molar-refractivity contribution < 1.29 is 13.2 Å². The predicted octanol–water partition coefficient (Wildman–Crippen LogP) is 4.88. The molecular formula is C22H18ClN3O3S2. The summed E-state index contributed by atoms with van der Waals surface area (Å²) in [4.78, 5) is 12.5. The van der Waals surface area contributed by atoms with Crippen molar-refractivity contribution in [3.63, 3.8) is 0 Å². The number of fused-ring (bicyclic) bond motifs is 1. The normalized spacial score (nSPS) is 15.7. The minimum absolute atomic E-state index is 0.0296. The number of thiophene rings is 1. The van der Waals surface area contributed by atoms with Crippen molar-refractivity contribution in [1.29, 1.82) is 5.26 Å². The van der Waals surface area contributed by atoms with Gasteiger partial charge in [0.2, 0.25) is 10.0 Å². The molecule has 1 amide bonds. The number of halogens is 1. The summed E-state index contributed by atoms with van der Waals surface area (Å²) in [5.41, 5.74) is 2.57. The molecule has 31 heavy (non-hydrogen) atoms. The summed E-state index contributed by atoms with van der Waals surface area (Å²) in [7, 11) is -3.98. The van der Waals surface area contributed by atoms with Crippen LogP contribution < -0.4 is 10.0 Å². The average Bonchev–Trinajstić information content (AvgIpc) is 3.21. The van der Waals surface area contributed by atoms with Crippen molar-refractivity contribution in [3.8, 4) is 6.07 Å². The van der Waals surface area contributed by atoms with Gasteiger partial charge in [0.25, 0.3) is 5.91 Å². The highest BCUT2D eigenvalue weighted by atomic mass is 35.5. The van der Waals surface area contributed by atoms with E-state index in [0.29, 0.717) is 17.0 Å². The third kappa shape index (κ3) is 4.50. The van der Waals surface area contributed by atoms with Gasteiger partial charge in [-0.15, -0.1) is 11.3 Å². The number of hydrogen-bond donors (Lipinski definition) is 2. The number of sulfonamides is 1. The first-order valence-corrected chi connectivity index (χ1v) is 12.3. The van der Waals surface area contributed by atoms with Crippen LogP contribution in [0.5, 0.6) is 0 Å². The van der Waals surface area contributed by atoms with Crippen molar-refractivity contribution in [2.24, 2.45) is 0 Å². The van der Waals surface area contributed by atoms with Gasteiger partial charge in [-0.1, -0.05) is 35.9 Å². The summed E-state index contributed by atoms with van der Waals surface area (Å²) in [5, 5.41) is 13.9. The van der Waals surface area contributed by atoms with Gasteiger partial charge in [-0.3, -0.25) is 4.79 Å². The highest BCUT2D eigenvalue weighted by Gasteiger charge is 2.27. The molecular weight excluding hydrogens is 454 g/mol. The number of benzene rings is 2. The highest BCUT2D eigenvalue weighted by molar-refractivity contribution is 7.89. The van der Waals surface area contributed by atoms with Crippen molar-refractivity contribution in [2.45, 2.75) is 30.2 Å². The SMILES string of the molecule is N#Cc1ccsc1NC(=O)c1ccc(Cl)c(S(=O)(=O)N[C@@H]2CCCc3ccccc32)c1. The molecule has 6 nitrogen and oxygen atoms in total. The highest BCUT2D eigenvalue weighted by Crippen LogP contribution is 2.32. The summed E-state index contributed by atoms with van der Waals surface area (Å²) in [5.74, 6) is -0.518. The van der Waals surface area contributed by atoms with Crippen LogP contribution in [0.3, 0.4) is 0 Å². The summed E-state index contributed by atoms with van der Waals surface area (Å²) < 4.78 is 29.1. The van der Waals surface area contributed by atoms with E-state index in [-0.39, 0.29) is 21.5 Å². The molecule has 1 atom stereocenters. The van der Waals surface area contributed by atoms with E-state index in [0.717, 1.165) is 24.0 Å². The Bertz CT molecular complexity index is 1300. The van der Waals surface area contributed by atoms with Crippen molar-refractivity contribution in [1.82, 2.24) is 4.72 Å². The number of amides is 1. The molecule has 0 saturated carbocycles. The van der Waals surface area contributed by atoms with Crippen LogP contribution in [-0.2, 0) is 16.4 Å². The van der Waals surface area contributed by atoms with Crippen LogP contribution in [0.4, 0.5) is 5.00 Å². The Hall–Kier alpha value is -2.70. The number of nitriles is 1. The zero-order valence-electron chi connectivity index (χ0n) is 16.3. The zero-order chi connectivity index (χ0) is 22.0. The van der Waals surface area contributed by atoms with Crippen molar-refractivity contribution in [3.05, 3.63) is 81.2 Å². The molecule has 0 aliphatic heterocycles. The lowest BCUT2D eigenvalue weighted by Crippen LogP contribution is -2.31. The van der Waals surface area contributed by atoms with Crippen LogP contribution >= 0.6 is 22.9 Å². The molecule has 0 saturated heterocycles. The van der Waals surface area contributed by atoms with E-state index in [4.69, 9.17) is 16.9 Å². The largest absolute Gasteiger partial charge is 0.312 e. The maximum absolute atomic E-state index is 13.2. The molecule has 1 heterocycles. The summed E-state index contributed by atoms with van der Waals surface area (Å²) in [6.07, 6.45) is 2.48. The van der Waals surface area contributed by atoms with Crippen LogP contribution in [-0.4, -0.2) is 14.3 Å². The Labute approximate surface area is 189 Å². The van der Waals surface area contributed by atoms with Crippen molar-refractivity contribution in [2.75, 3.05) is 5.32 Å². The number of carbonyl (C=O) groups excluding carboxylic acids is 1. The van der Waals surface area contributed by atoms with E-state index in [1.165, 1.54) is 29.5 Å². The van der Waals surface area contributed by atoms with Gasteiger partial charge in [-0.2, -0.15) is 5.26 Å². The number of anilines is 1. The lowest BCUT2D eigenvalue weighted by molar-refractivity contribution is 0.102. The number of carbonyl (C=O) groups is 1. The van der Waals surface area contributed by atoms with Gasteiger partial charge in [0, 0.05) is 11.6 Å². The predicted molar refractivity (Wildman–Crippen MR) is 121 cm³/mol. The van der Waals surface area contributed by atoms with Crippen molar-refractivity contribution >= 4 is 43.9 Å². The van der Waals surface area contributed by atoms with E-state index in [1.54, 1.807) is 11.4 Å². The summed E-state index contributed by atoms with van der Waals surface area (Å²) >= 11 is 7.42. The molecule has 1 aliphatic carbocycles. The van der Waals surface area contributed by atoms with Gasteiger partial charge in [0.15, 0.2) is 0 Å². The Balaban J connectivity index is 1.61. The van der Waals surface area contributed by atoms with Gasteiger partial charge in [0.05, 0.1) is 10.6 Å². The molecule has 3 aromatic rings. The fourth-order valence-corrected chi connectivity index (χ4v) is 6.16. The third-order valence-corrected chi connectivity index (χ3v) is 7.95. The second kappa shape index (κ2) is 8.81. The minimum atomic E-state index is -3.98. The van der Waals surface area contributed by atoms with Gasteiger partial charge >= 0.3 is 0 Å². The molecule has 2 N–H and O–H groups in total. The van der Waals surface area contributed by atoms with Crippen LogP contribution in [0.15, 0.2) is 58.8 Å². The summed E-state index contributed by atoms with van der Waals surface area (Å²) in [6.45, 7) is 0. The maximum Gasteiger partial charge on any atom is 0.256 e. The Kier molecular flexibility index (Phi) is 6.12. The second-order valence-corrected chi connectivity index (χ2v) is 10.1. The monoisotopic (exact) mass is 471 g/mol. The number of rotatable bonds is 5. The molecule has 0 bridgehead atoms. The standard InChI is InChI=1S/C22H18ClN3O3S2/c23-18-9-8-15(21(27)25-22-16(13-24)10-11-30-22)12-20(18)31(28,29)26-19-7-3-5-14-4-1-2-6-17(14)19/h1-2,4,6,8-12,19,26H,3,5,7H2,(H,25,27)/t19-/m1/s1. The fraction of sp³-hybridized carbons (Fsp3) is 0.182. The molecule has 0 unspecified atom stereocenters. The number of hydrogen-bond acceptors (Lipinski definition) is 5. The molecule has 1 aliphatic rings. The van der Waals surface area contributed by atoms with E-state index in [1.807, 2.05) is 30.3 Å². The minimum Gasteiger partial charge on any atom is -0.312 e. The molecule has 1 aromatic heterocycles. The maximum atomic E-state index is 13.2. The van der Waals surface area contributed by atoms with Gasteiger partial charge in [-0.05, 0) is 60.0 Å². The Morgan fingerprint density at radius 2 is 2.00 bits per heavy atom. The third-order valence-electron chi connectivity index (χ3n) is 5.16. The van der Waals surface area contributed by atoms with Gasteiger partial charge < -0.3 is 5.32 Å². The van der Waals surface area contributed by atoms with E-state index < -0.39 is 15.9 Å². The Morgan fingerprint density at radius 1 is 1.19 bits per heavy atom. The lowest BCUT2D eigenvalue weighted by atomic mass is 9.88. The first-order valence-electron chi connectivity index (χ1n) is 9.57. The van der Waals surface area contributed by atoms with E-state index in [2.05, 4.69) is 10.0 Å². The fourth-order valence-electron chi connectivity index (χ4n) is 3.65. The lowest BCUT2D eigenvalue weighted by Gasteiger charge is -2.26. The average molecular weight is 472 g/mol. The first-order chi connectivity index (χ1) is 14.9. The summed E-state index contributed by atoms with van der Waals surface area (Å²) in [6, 6.07) is 15.1. The number of aryl methyl sites for hydroxylation is 1. The number of nitrogens with one attached hydrogen (secondary N) is 2. The second-order valence-electron chi connectivity index (χ2n) is 7.14. The molecule has 4 rings (SSSR count). The zero-order valence-corrected chi connectivity index (χ0v) is 18.7. The van der Waals surface area contributed by atoms with E-state index >= 15 is 0 Å². The molecule has 158 valence electrons. The smallest absolute Gasteiger partial charge is 0.256 e. The molecule has 0 spiro atoms. The molecule has 0 radical (unpaired) electrons. The van der Waals surface area contributed by atoms with Crippen LogP contribution in [0.2, 0.25) is 5.02 Å². The van der Waals surface area contributed by atoms with Crippen LogP contribution in [0.1, 0.15) is 45.9 Å². The quantitative estimate of drug-likeness (QED) is 0.553. The van der Waals surface area contributed by atoms with Gasteiger partial charge in [-0.25, -0.2) is 13.1 Å².